The van der Waals surface area contributed by atoms with Crippen molar-refractivity contribution in [3.05, 3.63) is 83.6 Å². The molecule has 7 heteroatoms. The molecule has 1 fully saturated rings. The summed E-state index contributed by atoms with van der Waals surface area (Å²) in [5.74, 6) is 1.02. The molecule has 0 bridgehead atoms. The predicted molar refractivity (Wildman–Crippen MR) is 124 cm³/mol. The van der Waals surface area contributed by atoms with E-state index in [4.69, 9.17) is 4.74 Å². The van der Waals surface area contributed by atoms with E-state index in [1.807, 2.05) is 42.5 Å². The molecule has 4 rings (SSSR count). The first-order valence-corrected chi connectivity index (χ1v) is 10.4. The number of rotatable bonds is 5. The minimum atomic E-state index is 0.487. The molecule has 0 saturated carbocycles. The summed E-state index contributed by atoms with van der Waals surface area (Å²) in [7, 11) is 0. The normalized spacial score (nSPS) is 14.8. The topological polar surface area (TPSA) is 74.5 Å². The third kappa shape index (κ3) is 5.32. The molecule has 1 aliphatic heterocycles. The van der Waals surface area contributed by atoms with Gasteiger partial charge in [-0.2, -0.15) is 5.10 Å². The van der Waals surface area contributed by atoms with Crippen LogP contribution in [0.25, 0.3) is 0 Å². The summed E-state index contributed by atoms with van der Waals surface area (Å²) in [6.07, 6.45) is 1.69. The molecule has 0 amide bonds. The van der Waals surface area contributed by atoms with Crippen LogP contribution in [0.2, 0.25) is 0 Å². The number of hydrogen-bond donors (Lipinski definition) is 1. The van der Waals surface area contributed by atoms with E-state index in [0.29, 0.717) is 11.7 Å². The van der Waals surface area contributed by atoms with Crippen LogP contribution in [-0.4, -0.2) is 37.1 Å². The molecule has 0 atom stereocenters. The van der Waals surface area contributed by atoms with Crippen molar-refractivity contribution in [1.82, 2.24) is 4.98 Å². The number of hydrogen-bond acceptors (Lipinski definition) is 6. The van der Waals surface area contributed by atoms with E-state index >= 15 is 0 Å². The third-order valence-electron chi connectivity index (χ3n) is 5.11. The van der Waals surface area contributed by atoms with Crippen LogP contribution in [0.3, 0.4) is 0 Å². The molecule has 1 aromatic heterocycles. The summed E-state index contributed by atoms with van der Waals surface area (Å²) in [5, 5.41) is 13.2. The molecule has 0 aliphatic carbocycles. The standard InChI is InChI=1S/C24H26N6O/c1-18-17-22(30-12-14-31-15-13-30)19(2)16-21(18)26-28-24(20-8-4-3-5-9-20)29-27-23-10-6-7-11-25-23/h3-11,16-17,26H,12-15H2,1-2H3/b28-24-,29-27?. The Morgan fingerprint density at radius 1 is 0.968 bits per heavy atom. The van der Waals surface area contributed by atoms with Gasteiger partial charge in [0.2, 0.25) is 5.84 Å². The van der Waals surface area contributed by atoms with Crippen molar-refractivity contribution in [2.75, 3.05) is 36.6 Å². The fraction of sp³-hybridized carbons (Fsp3) is 0.250. The largest absolute Gasteiger partial charge is 0.378 e. The number of azo groups is 1. The monoisotopic (exact) mass is 414 g/mol. The number of ether oxygens (including phenoxy) is 1. The number of aryl methyl sites for hydroxylation is 2. The lowest BCUT2D eigenvalue weighted by atomic mass is 10.1. The van der Waals surface area contributed by atoms with Gasteiger partial charge in [-0.25, -0.2) is 4.98 Å². The zero-order valence-electron chi connectivity index (χ0n) is 17.8. The smallest absolute Gasteiger partial charge is 0.201 e. The van der Waals surface area contributed by atoms with E-state index in [9.17, 15) is 0 Å². The number of nitrogens with zero attached hydrogens (tertiary/aromatic N) is 5. The second-order valence-electron chi connectivity index (χ2n) is 7.35. The highest BCUT2D eigenvalue weighted by atomic mass is 16.5. The summed E-state index contributed by atoms with van der Waals surface area (Å²) in [6.45, 7) is 7.57. The van der Waals surface area contributed by atoms with Gasteiger partial charge in [-0.05, 0) is 49.2 Å². The van der Waals surface area contributed by atoms with Crippen LogP contribution in [-0.2, 0) is 4.74 Å². The van der Waals surface area contributed by atoms with Gasteiger partial charge in [-0.15, -0.1) is 10.2 Å². The lowest BCUT2D eigenvalue weighted by Gasteiger charge is -2.30. The zero-order valence-corrected chi connectivity index (χ0v) is 17.8. The minimum Gasteiger partial charge on any atom is -0.378 e. The second-order valence-corrected chi connectivity index (χ2v) is 7.35. The van der Waals surface area contributed by atoms with E-state index in [-0.39, 0.29) is 0 Å². The van der Waals surface area contributed by atoms with E-state index in [0.717, 1.165) is 43.1 Å². The number of benzene rings is 2. The molecule has 0 spiro atoms. The number of pyridine rings is 1. The van der Waals surface area contributed by atoms with E-state index in [1.54, 1.807) is 12.3 Å². The van der Waals surface area contributed by atoms with Crippen molar-refractivity contribution in [3.8, 4) is 0 Å². The number of aromatic nitrogens is 1. The third-order valence-corrected chi connectivity index (χ3v) is 5.11. The van der Waals surface area contributed by atoms with E-state index < -0.39 is 0 Å². The summed E-state index contributed by atoms with van der Waals surface area (Å²) in [5.41, 5.74) is 8.56. The van der Waals surface area contributed by atoms with Gasteiger partial charge in [-0.1, -0.05) is 36.4 Å². The highest BCUT2D eigenvalue weighted by molar-refractivity contribution is 5.99. The average molecular weight is 415 g/mol. The van der Waals surface area contributed by atoms with Crippen LogP contribution < -0.4 is 10.3 Å². The fourth-order valence-corrected chi connectivity index (χ4v) is 3.42. The molecule has 0 unspecified atom stereocenters. The molecular formula is C24H26N6O. The quantitative estimate of drug-likeness (QED) is 0.273. The first kappa shape index (κ1) is 20.7. The number of morpholine rings is 1. The zero-order chi connectivity index (χ0) is 21.5. The van der Waals surface area contributed by atoms with Crippen molar-refractivity contribution in [2.24, 2.45) is 15.3 Å². The Morgan fingerprint density at radius 3 is 2.48 bits per heavy atom. The van der Waals surface area contributed by atoms with Crippen LogP contribution in [0, 0.1) is 13.8 Å². The Morgan fingerprint density at radius 2 is 1.74 bits per heavy atom. The Bertz CT molecular complexity index is 1060. The van der Waals surface area contributed by atoms with Crippen molar-refractivity contribution in [2.45, 2.75) is 13.8 Å². The molecule has 0 radical (unpaired) electrons. The number of anilines is 2. The van der Waals surface area contributed by atoms with Crippen LogP contribution >= 0.6 is 0 Å². The van der Waals surface area contributed by atoms with Crippen LogP contribution in [0.4, 0.5) is 17.2 Å². The highest BCUT2D eigenvalue weighted by Gasteiger charge is 2.15. The van der Waals surface area contributed by atoms with Crippen molar-refractivity contribution in [1.29, 1.82) is 0 Å². The molecule has 2 aromatic carbocycles. The number of hydrazone groups is 1. The first-order valence-electron chi connectivity index (χ1n) is 10.4. The van der Waals surface area contributed by atoms with Crippen LogP contribution in [0.1, 0.15) is 16.7 Å². The first-order chi connectivity index (χ1) is 15.2. The molecule has 1 N–H and O–H groups in total. The van der Waals surface area contributed by atoms with Crippen molar-refractivity contribution >= 4 is 23.0 Å². The number of nitrogens with one attached hydrogen (secondary N) is 1. The number of amidine groups is 1. The van der Waals surface area contributed by atoms with Gasteiger partial charge in [0.25, 0.3) is 0 Å². The van der Waals surface area contributed by atoms with E-state index in [2.05, 4.69) is 56.6 Å². The highest BCUT2D eigenvalue weighted by Crippen LogP contribution is 2.28. The maximum atomic E-state index is 5.48. The van der Waals surface area contributed by atoms with Crippen LogP contribution in [0.15, 0.2) is 82.2 Å². The van der Waals surface area contributed by atoms with Gasteiger partial charge in [0.15, 0.2) is 5.82 Å². The molecule has 3 aromatic rings. The Hall–Kier alpha value is -3.58. The lowest BCUT2D eigenvalue weighted by Crippen LogP contribution is -2.36. The SMILES string of the molecule is Cc1cc(N2CCOCC2)c(C)cc1N/N=C(\N=Nc1ccccn1)c1ccccc1. The molecule has 31 heavy (non-hydrogen) atoms. The van der Waals surface area contributed by atoms with E-state index in [1.165, 1.54) is 11.3 Å². The van der Waals surface area contributed by atoms with Crippen molar-refractivity contribution < 1.29 is 4.74 Å². The van der Waals surface area contributed by atoms with Gasteiger partial charge in [0.05, 0.1) is 18.9 Å². The summed E-state index contributed by atoms with van der Waals surface area (Å²) < 4.78 is 5.48. The van der Waals surface area contributed by atoms with Crippen LogP contribution in [0.5, 0.6) is 0 Å². The summed E-state index contributed by atoms with van der Waals surface area (Å²) in [6, 6.07) is 19.6. The molecular weight excluding hydrogens is 388 g/mol. The van der Waals surface area contributed by atoms with Gasteiger partial charge in [-0.3, -0.25) is 5.43 Å². The van der Waals surface area contributed by atoms with Gasteiger partial charge in [0.1, 0.15) is 0 Å². The Balaban J connectivity index is 1.59. The van der Waals surface area contributed by atoms with Crippen molar-refractivity contribution in [3.63, 3.8) is 0 Å². The van der Waals surface area contributed by atoms with Gasteiger partial charge < -0.3 is 9.64 Å². The summed E-state index contributed by atoms with van der Waals surface area (Å²) in [4.78, 5) is 6.56. The maximum Gasteiger partial charge on any atom is 0.201 e. The summed E-state index contributed by atoms with van der Waals surface area (Å²) >= 11 is 0. The van der Waals surface area contributed by atoms with Gasteiger partial charge in [0, 0.05) is 30.5 Å². The second kappa shape index (κ2) is 9.95. The molecule has 1 saturated heterocycles. The molecule has 1 aliphatic rings. The fourth-order valence-electron chi connectivity index (χ4n) is 3.42. The Labute approximate surface area is 182 Å². The average Bonchev–Trinajstić information content (AvgIpc) is 2.82. The Kier molecular flexibility index (Phi) is 6.64. The molecule has 7 nitrogen and oxygen atoms in total. The maximum absolute atomic E-state index is 5.48. The molecule has 2 heterocycles. The minimum absolute atomic E-state index is 0.487. The predicted octanol–water partition coefficient (Wildman–Crippen LogP) is 5.09. The molecule has 158 valence electrons. The van der Waals surface area contributed by atoms with Gasteiger partial charge >= 0.3 is 0 Å². The lowest BCUT2D eigenvalue weighted by molar-refractivity contribution is 0.122.